The van der Waals surface area contributed by atoms with Gasteiger partial charge in [-0.25, -0.2) is 4.98 Å². The van der Waals surface area contributed by atoms with E-state index in [1.165, 1.54) is 24.0 Å². The second kappa shape index (κ2) is 6.32. The number of anilines is 1. The van der Waals surface area contributed by atoms with Gasteiger partial charge in [0.25, 0.3) is 5.56 Å². The summed E-state index contributed by atoms with van der Waals surface area (Å²) >= 11 is 13.2. The van der Waals surface area contributed by atoms with Gasteiger partial charge in [-0.15, -0.1) is 0 Å². The third kappa shape index (κ3) is 3.14. The van der Waals surface area contributed by atoms with Crippen LogP contribution in [0.15, 0.2) is 40.4 Å². The summed E-state index contributed by atoms with van der Waals surface area (Å²) in [4.78, 5) is 28.2. The first-order valence-electron chi connectivity index (χ1n) is 6.50. The van der Waals surface area contributed by atoms with Gasteiger partial charge in [0.1, 0.15) is 0 Å². The molecule has 0 fully saturated rings. The van der Waals surface area contributed by atoms with Crippen molar-refractivity contribution in [2.24, 2.45) is 0 Å². The Morgan fingerprint density at radius 3 is 2.95 bits per heavy atom. The zero-order chi connectivity index (χ0) is 15.7. The third-order valence-electron chi connectivity index (χ3n) is 3.24. The smallest absolute Gasteiger partial charge is 0.254 e. The molecule has 1 unspecified atom stereocenters. The van der Waals surface area contributed by atoms with Crippen LogP contribution in [0.5, 0.6) is 0 Å². The highest BCUT2D eigenvalue weighted by molar-refractivity contribution is 7.99. The number of carbonyl (C=O) groups excluding carboxylic acids is 1. The monoisotopic (exact) mass is 355 g/mol. The molecule has 114 valence electrons. The first kappa shape index (κ1) is 15.4. The van der Waals surface area contributed by atoms with E-state index in [0.717, 1.165) is 0 Å². The Morgan fingerprint density at radius 1 is 1.36 bits per heavy atom. The second-order valence-electron chi connectivity index (χ2n) is 4.78. The van der Waals surface area contributed by atoms with Gasteiger partial charge in [0.2, 0.25) is 5.91 Å². The minimum absolute atomic E-state index is 0.137. The normalized spacial score (nSPS) is 16.4. The predicted octanol–water partition coefficient (Wildman–Crippen LogP) is 3.23. The van der Waals surface area contributed by atoms with E-state index in [1.54, 1.807) is 22.8 Å². The molecule has 2 aromatic rings. The van der Waals surface area contributed by atoms with Crippen molar-refractivity contribution in [1.82, 2.24) is 9.55 Å². The Hall–Kier alpha value is -1.50. The molecule has 8 heteroatoms. The topological polar surface area (TPSA) is 64.0 Å². The van der Waals surface area contributed by atoms with Crippen molar-refractivity contribution in [3.63, 3.8) is 0 Å². The molecule has 0 saturated carbocycles. The van der Waals surface area contributed by atoms with Crippen molar-refractivity contribution >= 4 is 46.6 Å². The number of thioether (sulfide) groups is 1. The standard InChI is InChI=1S/C14H11Cl2N3O2S/c15-10-2-1-8(5-11(10)16)18-12(20)6-9-7-22-14-17-4-3-13(21)19(9)14/h1-5,9H,6-7H2,(H,18,20). The predicted molar refractivity (Wildman–Crippen MR) is 88.0 cm³/mol. The van der Waals surface area contributed by atoms with Gasteiger partial charge < -0.3 is 5.32 Å². The lowest BCUT2D eigenvalue weighted by Gasteiger charge is -2.13. The molecule has 1 atom stereocenters. The fraction of sp³-hybridized carbons (Fsp3) is 0.214. The van der Waals surface area contributed by atoms with Gasteiger partial charge in [0, 0.05) is 30.1 Å². The van der Waals surface area contributed by atoms with E-state index in [-0.39, 0.29) is 23.9 Å². The quantitative estimate of drug-likeness (QED) is 0.858. The van der Waals surface area contributed by atoms with Gasteiger partial charge in [-0.3, -0.25) is 14.2 Å². The van der Waals surface area contributed by atoms with Crippen LogP contribution < -0.4 is 10.9 Å². The van der Waals surface area contributed by atoms with Gasteiger partial charge in [0.05, 0.1) is 16.1 Å². The SMILES string of the molecule is O=C(CC1CSc2nccc(=O)n21)Nc1ccc(Cl)c(Cl)c1. The molecule has 5 nitrogen and oxygen atoms in total. The number of nitrogens with zero attached hydrogens (tertiary/aromatic N) is 2. The van der Waals surface area contributed by atoms with Crippen molar-refractivity contribution in [2.45, 2.75) is 17.6 Å². The fourth-order valence-electron chi connectivity index (χ4n) is 2.24. The molecule has 1 aliphatic heterocycles. The number of rotatable bonds is 3. The summed E-state index contributed by atoms with van der Waals surface area (Å²) in [5.74, 6) is 0.466. The maximum absolute atomic E-state index is 12.2. The minimum atomic E-state index is -0.191. The first-order valence-corrected chi connectivity index (χ1v) is 8.24. The molecule has 1 aromatic heterocycles. The molecule has 0 saturated heterocycles. The number of aromatic nitrogens is 2. The van der Waals surface area contributed by atoms with E-state index in [1.807, 2.05) is 0 Å². The van der Waals surface area contributed by atoms with E-state index in [9.17, 15) is 9.59 Å². The highest BCUT2D eigenvalue weighted by atomic mass is 35.5. The number of halogens is 2. The lowest BCUT2D eigenvalue weighted by molar-refractivity contribution is -0.116. The molecular weight excluding hydrogens is 345 g/mol. The van der Waals surface area contributed by atoms with E-state index < -0.39 is 0 Å². The van der Waals surface area contributed by atoms with Crippen molar-refractivity contribution in [3.8, 4) is 0 Å². The Morgan fingerprint density at radius 2 is 2.18 bits per heavy atom. The summed E-state index contributed by atoms with van der Waals surface area (Å²) < 4.78 is 1.57. The molecule has 1 amide bonds. The Labute approximate surface area is 140 Å². The van der Waals surface area contributed by atoms with Crippen molar-refractivity contribution in [2.75, 3.05) is 11.1 Å². The molecule has 0 radical (unpaired) electrons. The molecule has 0 bridgehead atoms. The lowest BCUT2D eigenvalue weighted by Crippen LogP contribution is -2.26. The number of benzene rings is 1. The number of nitrogens with one attached hydrogen (secondary N) is 1. The van der Waals surface area contributed by atoms with Crippen LogP contribution in [-0.4, -0.2) is 21.2 Å². The summed E-state index contributed by atoms with van der Waals surface area (Å²) in [5.41, 5.74) is 0.436. The van der Waals surface area contributed by atoms with Crippen LogP contribution in [0.4, 0.5) is 5.69 Å². The molecule has 2 heterocycles. The summed E-state index contributed by atoms with van der Waals surface area (Å²) in [6.07, 6.45) is 1.69. The average Bonchev–Trinajstić information content (AvgIpc) is 2.87. The van der Waals surface area contributed by atoms with Crippen LogP contribution in [0.25, 0.3) is 0 Å². The molecule has 1 N–H and O–H groups in total. The molecular formula is C14H11Cl2N3O2S. The molecule has 0 spiro atoms. The third-order valence-corrected chi connectivity index (χ3v) is 5.09. The van der Waals surface area contributed by atoms with Gasteiger partial charge in [0.15, 0.2) is 5.16 Å². The molecule has 0 aliphatic carbocycles. The van der Waals surface area contributed by atoms with Gasteiger partial charge >= 0.3 is 0 Å². The number of hydrogen-bond donors (Lipinski definition) is 1. The average molecular weight is 356 g/mol. The van der Waals surface area contributed by atoms with Crippen LogP contribution in [0.3, 0.4) is 0 Å². The Kier molecular flexibility index (Phi) is 4.42. The number of fused-ring (bicyclic) bond motifs is 1. The summed E-state index contributed by atoms with van der Waals surface area (Å²) in [7, 11) is 0. The summed E-state index contributed by atoms with van der Waals surface area (Å²) in [5, 5.41) is 4.22. The van der Waals surface area contributed by atoms with Crippen LogP contribution in [0, 0.1) is 0 Å². The van der Waals surface area contributed by atoms with E-state index >= 15 is 0 Å². The highest BCUT2D eigenvalue weighted by Gasteiger charge is 2.26. The first-order chi connectivity index (χ1) is 10.5. The zero-order valence-corrected chi connectivity index (χ0v) is 13.6. The van der Waals surface area contributed by atoms with Crippen LogP contribution >= 0.6 is 35.0 Å². The van der Waals surface area contributed by atoms with Crippen molar-refractivity contribution in [3.05, 3.63) is 50.9 Å². The lowest BCUT2D eigenvalue weighted by atomic mass is 10.2. The Balaban J connectivity index is 1.71. The van der Waals surface area contributed by atoms with Crippen LogP contribution in [0.1, 0.15) is 12.5 Å². The molecule has 3 rings (SSSR count). The maximum Gasteiger partial charge on any atom is 0.254 e. The van der Waals surface area contributed by atoms with Crippen LogP contribution in [-0.2, 0) is 4.79 Å². The minimum Gasteiger partial charge on any atom is -0.326 e. The fourth-order valence-corrected chi connectivity index (χ4v) is 3.66. The van der Waals surface area contributed by atoms with Gasteiger partial charge in [-0.1, -0.05) is 35.0 Å². The molecule has 1 aliphatic rings. The van der Waals surface area contributed by atoms with Crippen LogP contribution in [0.2, 0.25) is 10.0 Å². The summed E-state index contributed by atoms with van der Waals surface area (Å²) in [6, 6.07) is 6.10. The van der Waals surface area contributed by atoms with E-state index in [0.29, 0.717) is 26.6 Å². The molecule has 1 aromatic carbocycles. The Bertz CT molecular complexity index is 794. The number of amides is 1. The summed E-state index contributed by atoms with van der Waals surface area (Å²) in [6.45, 7) is 0. The number of carbonyl (C=O) groups is 1. The second-order valence-corrected chi connectivity index (χ2v) is 6.58. The van der Waals surface area contributed by atoms with Gasteiger partial charge in [-0.2, -0.15) is 0 Å². The number of hydrogen-bond acceptors (Lipinski definition) is 4. The van der Waals surface area contributed by atoms with E-state index in [4.69, 9.17) is 23.2 Å². The van der Waals surface area contributed by atoms with E-state index in [2.05, 4.69) is 10.3 Å². The maximum atomic E-state index is 12.2. The van der Waals surface area contributed by atoms with Crippen molar-refractivity contribution in [1.29, 1.82) is 0 Å². The largest absolute Gasteiger partial charge is 0.326 e. The van der Waals surface area contributed by atoms with Gasteiger partial charge in [-0.05, 0) is 18.2 Å². The molecule has 22 heavy (non-hydrogen) atoms. The van der Waals surface area contributed by atoms with Crippen molar-refractivity contribution < 1.29 is 4.79 Å². The zero-order valence-electron chi connectivity index (χ0n) is 11.3. The highest BCUT2D eigenvalue weighted by Crippen LogP contribution is 2.32.